The summed E-state index contributed by atoms with van der Waals surface area (Å²) in [6.07, 6.45) is 4.75. The number of rotatable bonds is 5. The van der Waals surface area contributed by atoms with Crippen LogP contribution in [0.15, 0.2) is 47.2 Å². The van der Waals surface area contributed by atoms with Crippen LogP contribution in [0.3, 0.4) is 0 Å². The third-order valence-electron chi connectivity index (χ3n) is 2.97. The summed E-state index contributed by atoms with van der Waals surface area (Å²) in [5.41, 5.74) is 1.22. The van der Waals surface area contributed by atoms with Gasteiger partial charge in [-0.2, -0.15) is 0 Å². The number of hydrogen-bond acceptors (Lipinski definition) is 2. The number of ether oxygens (including phenoxy) is 1. The van der Waals surface area contributed by atoms with Gasteiger partial charge < -0.3 is 4.74 Å². The summed E-state index contributed by atoms with van der Waals surface area (Å²) >= 11 is 0. The molecule has 0 aliphatic carbocycles. The van der Waals surface area contributed by atoms with Crippen LogP contribution in [0.1, 0.15) is 24.2 Å². The van der Waals surface area contributed by atoms with Gasteiger partial charge in [0.05, 0.1) is 7.11 Å². The molecule has 0 N–H and O–H groups in total. The van der Waals surface area contributed by atoms with Gasteiger partial charge in [-0.3, -0.25) is 4.79 Å². The predicted octanol–water partition coefficient (Wildman–Crippen LogP) is 3.76. The molecule has 2 nitrogen and oxygen atoms in total. The van der Waals surface area contributed by atoms with E-state index in [9.17, 15) is 4.79 Å². The van der Waals surface area contributed by atoms with Crippen molar-refractivity contribution in [1.82, 2.24) is 0 Å². The number of benzene rings is 1. The third-order valence-corrected chi connectivity index (χ3v) is 5.20. The van der Waals surface area contributed by atoms with Gasteiger partial charge in [0.25, 0.3) is 0 Å². The summed E-state index contributed by atoms with van der Waals surface area (Å²) in [7, 11) is 1.31. The minimum absolute atomic E-state index is 0.243. The molecule has 0 saturated heterocycles. The highest BCUT2D eigenvalue weighted by atomic mass is 32.2. The fraction of sp³-hybridized carbons (Fsp3) is 0.267. The van der Waals surface area contributed by atoms with E-state index >= 15 is 0 Å². The van der Waals surface area contributed by atoms with E-state index in [2.05, 4.69) is 35.1 Å². The first-order chi connectivity index (χ1) is 8.70. The molecule has 1 unspecified atom stereocenters. The number of Topliss-reactive ketones (excluding diaryl/α,β-unsaturated/α-hetero) is 1. The van der Waals surface area contributed by atoms with E-state index in [1.165, 1.54) is 5.56 Å². The lowest BCUT2D eigenvalue weighted by Gasteiger charge is -2.24. The number of carbonyl (C=O) groups is 1. The van der Waals surface area contributed by atoms with Gasteiger partial charge in [0.1, 0.15) is 11.5 Å². The van der Waals surface area contributed by atoms with Crippen LogP contribution in [0.25, 0.3) is 0 Å². The topological polar surface area (TPSA) is 26.3 Å². The van der Waals surface area contributed by atoms with E-state index < -0.39 is 0 Å². The fourth-order valence-corrected chi connectivity index (χ4v) is 4.14. The van der Waals surface area contributed by atoms with Crippen molar-refractivity contribution in [3.63, 3.8) is 0 Å². The van der Waals surface area contributed by atoms with Crippen LogP contribution in [-0.4, -0.2) is 12.9 Å². The van der Waals surface area contributed by atoms with Gasteiger partial charge in [0.2, 0.25) is 0 Å². The minimum Gasteiger partial charge on any atom is -0.497 e. The minimum atomic E-state index is -0.354. The Kier molecular flexibility index (Phi) is 4.26. The summed E-state index contributed by atoms with van der Waals surface area (Å²) in [5, 5.41) is 4.72. The first-order valence-corrected chi connectivity index (χ1v) is 7.51. The number of hydrogen-bond donors (Lipinski definition) is 1. The van der Waals surface area contributed by atoms with E-state index in [-0.39, 0.29) is 16.7 Å². The molecule has 1 aromatic carbocycles. The van der Waals surface area contributed by atoms with Gasteiger partial charge in [-0.05, 0) is 35.4 Å². The van der Waals surface area contributed by atoms with Gasteiger partial charge >= 0.3 is 0 Å². The number of thiol groups is 1. The molecular weight excluding hydrogens is 244 g/mol. The highest BCUT2D eigenvalue weighted by Crippen LogP contribution is 2.49. The molecular formula is C15H18O2S. The van der Waals surface area contributed by atoms with Gasteiger partial charge in [0.15, 0.2) is 0 Å². The van der Waals surface area contributed by atoms with Crippen molar-refractivity contribution in [2.75, 3.05) is 7.11 Å². The second-order valence-corrected chi connectivity index (χ2v) is 6.44. The number of allylic oxidation sites excluding steroid dienone is 2. The Morgan fingerprint density at radius 3 is 2.33 bits per heavy atom. The molecule has 18 heavy (non-hydrogen) atoms. The summed E-state index contributed by atoms with van der Waals surface area (Å²) in [6.45, 7) is 1.66. The summed E-state index contributed by atoms with van der Waals surface area (Å²) in [6, 6.07) is 8.05. The number of ketones is 1. The van der Waals surface area contributed by atoms with Crippen LogP contribution in [0, 0.1) is 0 Å². The van der Waals surface area contributed by atoms with Gasteiger partial charge in [-0.15, -0.1) is 0 Å². The fourth-order valence-electron chi connectivity index (χ4n) is 2.05. The average molecular weight is 262 g/mol. The lowest BCUT2D eigenvalue weighted by atomic mass is 10.1. The first kappa shape index (κ1) is 13.0. The zero-order chi connectivity index (χ0) is 13.0. The lowest BCUT2D eigenvalue weighted by molar-refractivity contribution is -0.117. The smallest absolute Gasteiger partial charge is 0.131 e. The van der Waals surface area contributed by atoms with E-state index in [1.54, 1.807) is 14.0 Å². The number of carbonyl (C=O) groups excluding carboxylic acids is 1. The molecule has 0 bridgehead atoms. The van der Waals surface area contributed by atoms with Crippen LogP contribution < -0.4 is 4.74 Å². The van der Waals surface area contributed by atoms with Gasteiger partial charge in [-0.25, -0.2) is 10.9 Å². The quantitative estimate of drug-likeness (QED) is 0.818. The second kappa shape index (κ2) is 5.91. The average Bonchev–Trinajstić information content (AvgIpc) is 2.89. The molecule has 0 amide bonds. The molecule has 0 radical (unpaired) electrons. The molecule has 0 aromatic heterocycles. The van der Waals surface area contributed by atoms with Crippen molar-refractivity contribution in [2.45, 2.75) is 18.6 Å². The molecule has 2 rings (SSSR count). The molecule has 1 heterocycles. The maximum absolute atomic E-state index is 11.4. The highest BCUT2D eigenvalue weighted by Gasteiger charge is 2.19. The third kappa shape index (κ3) is 3.05. The largest absolute Gasteiger partial charge is 0.497 e. The van der Waals surface area contributed by atoms with Gasteiger partial charge in [-0.1, -0.05) is 24.3 Å². The maximum atomic E-state index is 11.4. The van der Waals surface area contributed by atoms with Crippen molar-refractivity contribution in [1.29, 1.82) is 0 Å². The highest BCUT2D eigenvalue weighted by molar-refractivity contribution is 8.22. The number of methoxy groups -OCH3 is 1. The maximum Gasteiger partial charge on any atom is 0.131 e. The standard InChI is InChI=1S/C15H18O2S/c1-12(16)11-15(18-9-3-4-10-18)13-5-7-14(17-2)8-6-13/h3-10,15,18H,11H2,1-2H3. The van der Waals surface area contributed by atoms with Crippen molar-refractivity contribution in [3.8, 4) is 5.75 Å². The summed E-state index contributed by atoms with van der Waals surface area (Å²) < 4.78 is 5.17. The van der Waals surface area contributed by atoms with E-state index in [4.69, 9.17) is 4.74 Å². The zero-order valence-electron chi connectivity index (χ0n) is 10.7. The van der Waals surface area contributed by atoms with Crippen LogP contribution in [0.2, 0.25) is 0 Å². The van der Waals surface area contributed by atoms with E-state index in [0.717, 1.165) is 5.75 Å². The first-order valence-electron chi connectivity index (χ1n) is 5.96. The Morgan fingerprint density at radius 1 is 1.22 bits per heavy atom. The van der Waals surface area contributed by atoms with Crippen molar-refractivity contribution < 1.29 is 9.53 Å². The molecule has 1 aliphatic rings. The second-order valence-electron chi connectivity index (χ2n) is 4.33. The van der Waals surface area contributed by atoms with Crippen LogP contribution in [0.4, 0.5) is 0 Å². The Hall–Kier alpha value is -1.48. The van der Waals surface area contributed by atoms with Crippen molar-refractivity contribution >= 4 is 16.7 Å². The summed E-state index contributed by atoms with van der Waals surface area (Å²) in [5.74, 6) is 1.10. The molecule has 0 saturated carbocycles. The van der Waals surface area contributed by atoms with Crippen LogP contribution in [0.5, 0.6) is 5.75 Å². The molecule has 1 aliphatic heterocycles. The van der Waals surface area contributed by atoms with Crippen LogP contribution in [-0.2, 0) is 4.79 Å². The van der Waals surface area contributed by atoms with Crippen LogP contribution >= 0.6 is 10.9 Å². The molecule has 1 aromatic rings. The Morgan fingerprint density at radius 2 is 1.83 bits per heavy atom. The van der Waals surface area contributed by atoms with E-state index in [0.29, 0.717) is 11.7 Å². The van der Waals surface area contributed by atoms with Gasteiger partial charge in [0, 0.05) is 11.7 Å². The Balaban J connectivity index is 2.23. The monoisotopic (exact) mass is 262 g/mol. The molecule has 0 spiro atoms. The zero-order valence-corrected chi connectivity index (χ0v) is 11.6. The lowest BCUT2D eigenvalue weighted by Crippen LogP contribution is -2.03. The predicted molar refractivity (Wildman–Crippen MR) is 78.3 cm³/mol. The normalized spacial score (nSPS) is 16.9. The molecule has 1 atom stereocenters. The summed E-state index contributed by atoms with van der Waals surface area (Å²) in [4.78, 5) is 11.4. The molecule has 3 heteroatoms. The molecule has 96 valence electrons. The SMILES string of the molecule is COc1ccc(C(CC(C)=O)[SH]2C=CC=C2)cc1. The van der Waals surface area contributed by atoms with Crippen molar-refractivity contribution in [2.24, 2.45) is 0 Å². The Labute approximate surface area is 111 Å². The molecule has 0 fully saturated rings. The van der Waals surface area contributed by atoms with E-state index in [1.807, 2.05) is 12.1 Å². The Bertz CT molecular complexity index is 462. The van der Waals surface area contributed by atoms with Crippen molar-refractivity contribution in [3.05, 3.63) is 52.8 Å².